The molecule has 0 aromatic heterocycles. The molecule has 4 heteroatoms. The molecule has 0 aliphatic heterocycles. The summed E-state index contributed by atoms with van der Waals surface area (Å²) in [4.78, 5) is 0. The number of halogens is 1. The molecule has 0 N–H and O–H groups in total. The molecule has 0 radical (unpaired) electrons. The van der Waals surface area contributed by atoms with Gasteiger partial charge < -0.3 is 14.2 Å². The Morgan fingerprint density at radius 2 is 1.72 bits per heavy atom. The van der Waals surface area contributed by atoms with Gasteiger partial charge in [0, 0.05) is 11.5 Å². The van der Waals surface area contributed by atoms with Crippen LogP contribution in [0.15, 0.2) is 24.3 Å². The van der Waals surface area contributed by atoms with Crippen molar-refractivity contribution in [3.8, 4) is 0 Å². The molecule has 0 saturated carbocycles. The summed E-state index contributed by atoms with van der Waals surface area (Å²) in [5, 5.41) is 0. The monoisotopic (exact) mass is 364 g/mol. The minimum Gasteiger partial charge on any atom is -0.382 e. The van der Waals surface area contributed by atoms with Crippen molar-refractivity contribution in [2.75, 3.05) is 38.0 Å². The van der Waals surface area contributed by atoms with Crippen LogP contribution >= 0.6 is 22.6 Å². The fraction of sp³-hybridized carbons (Fsp3) is 0.571. The van der Waals surface area contributed by atoms with Crippen LogP contribution in [0.4, 0.5) is 0 Å². The first-order chi connectivity index (χ1) is 8.77. The number of aryl methyl sites for hydroxylation is 1. The number of hydrogen-bond acceptors (Lipinski definition) is 3. The molecule has 0 amide bonds. The molecule has 1 aromatic rings. The van der Waals surface area contributed by atoms with Gasteiger partial charge in [0.25, 0.3) is 0 Å². The maximum absolute atomic E-state index is 5.82. The predicted molar refractivity (Wildman–Crippen MR) is 81.5 cm³/mol. The summed E-state index contributed by atoms with van der Waals surface area (Å²) in [6.45, 7) is 4.58. The first kappa shape index (κ1) is 15.9. The van der Waals surface area contributed by atoms with Gasteiger partial charge in [-0.2, -0.15) is 0 Å². The van der Waals surface area contributed by atoms with Crippen molar-refractivity contribution >= 4 is 22.6 Å². The van der Waals surface area contributed by atoms with Crippen molar-refractivity contribution in [3.05, 3.63) is 35.4 Å². The first-order valence-corrected chi connectivity index (χ1v) is 7.61. The number of rotatable bonds is 9. The summed E-state index contributed by atoms with van der Waals surface area (Å²) in [6, 6.07) is 8.50. The minimum atomic E-state index is 0.150. The summed E-state index contributed by atoms with van der Waals surface area (Å²) < 4.78 is 17.0. The highest BCUT2D eigenvalue weighted by molar-refractivity contribution is 14.1. The Balaban J connectivity index is 2.27. The molecule has 1 aromatic carbocycles. The van der Waals surface area contributed by atoms with Crippen LogP contribution in [0.25, 0.3) is 0 Å². The van der Waals surface area contributed by atoms with Gasteiger partial charge in [0.2, 0.25) is 0 Å². The van der Waals surface area contributed by atoms with E-state index in [9.17, 15) is 0 Å². The zero-order valence-corrected chi connectivity index (χ0v) is 13.2. The molecule has 0 spiro atoms. The quantitative estimate of drug-likeness (QED) is 0.383. The van der Waals surface area contributed by atoms with Gasteiger partial charge in [0.05, 0.1) is 32.5 Å². The van der Waals surface area contributed by atoms with E-state index in [1.54, 1.807) is 7.11 Å². The number of benzene rings is 1. The third-order valence-corrected chi connectivity index (χ3v) is 3.37. The molecule has 0 bridgehead atoms. The highest BCUT2D eigenvalue weighted by Crippen LogP contribution is 2.20. The Hall–Kier alpha value is -0.170. The summed E-state index contributed by atoms with van der Waals surface area (Å²) in [5.41, 5.74) is 2.50. The third-order valence-electron chi connectivity index (χ3n) is 2.57. The fourth-order valence-corrected chi connectivity index (χ4v) is 2.27. The van der Waals surface area contributed by atoms with Crippen LogP contribution < -0.4 is 0 Å². The average molecular weight is 364 g/mol. The predicted octanol–water partition coefficient (Wildman–Crippen LogP) is 3.15. The molecular formula is C14H21IO3. The molecule has 0 aliphatic rings. The summed E-state index contributed by atoms with van der Waals surface area (Å²) >= 11 is 2.35. The zero-order chi connectivity index (χ0) is 13.2. The Morgan fingerprint density at radius 1 is 1.06 bits per heavy atom. The topological polar surface area (TPSA) is 27.7 Å². The van der Waals surface area contributed by atoms with E-state index < -0.39 is 0 Å². The summed E-state index contributed by atoms with van der Waals surface area (Å²) in [7, 11) is 1.67. The van der Waals surface area contributed by atoms with Crippen LogP contribution in [-0.2, 0) is 14.2 Å². The Morgan fingerprint density at radius 3 is 2.33 bits per heavy atom. The van der Waals surface area contributed by atoms with Crippen LogP contribution in [0.3, 0.4) is 0 Å². The number of ether oxygens (including phenoxy) is 3. The largest absolute Gasteiger partial charge is 0.382 e. The molecule has 0 aliphatic carbocycles. The normalized spacial score (nSPS) is 12.6. The molecule has 1 atom stereocenters. The van der Waals surface area contributed by atoms with E-state index in [1.165, 1.54) is 11.1 Å². The highest BCUT2D eigenvalue weighted by atomic mass is 127. The molecule has 0 saturated heterocycles. The second kappa shape index (κ2) is 9.72. The lowest BCUT2D eigenvalue weighted by molar-refractivity contribution is 0.00122. The molecule has 1 rings (SSSR count). The van der Waals surface area contributed by atoms with Crippen LogP contribution in [0.2, 0.25) is 0 Å². The second-order valence-electron chi connectivity index (χ2n) is 4.03. The molecule has 18 heavy (non-hydrogen) atoms. The van der Waals surface area contributed by atoms with E-state index in [0.29, 0.717) is 26.4 Å². The highest BCUT2D eigenvalue weighted by Gasteiger charge is 2.09. The lowest BCUT2D eigenvalue weighted by Gasteiger charge is -2.16. The van der Waals surface area contributed by atoms with Crippen molar-refractivity contribution in [1.29, 1.82) is 0 Å². The standard InChI is InChI=1S/C14H21IO3/c1-12-3-5-13(6-4-12)14(11-15)18-10-9-17-8-7-16-2/h3-6,14H,7-11H2,1-2H3. The first-order valence-electron chi connectivity index (χ1n) is 6.08. The van der Waals surface area contributed by atoms with E-state index in [0.717, 1.165) is 4.43 Å². The van der Waals surface area contributed by atoms with Crippen molar-refractivity contribution in [3.63, 3.8) is 0 Å². The van der Waals surface area contributed by atoms with Gasteiger partial charge in [0.1, 0.15) is 0 Å². The van der Waals surface area contributed by atoms with Crippen molar-refractivity contribution in [2.45, 2.75) is 13.0 Å². The van der Waals surface area contributed by atoms with E-state index in [1.807, 2.05) is 0 Å². The lowest BCUT2D eigenvalue weighted by atomic mass is 10.1. The molecular weight excluding hydrogens is 343 g/mol. The molecule has 3 nitrogen and oxygen atoms in total. The maximum Gasteiger partial charge on any atom is 0.0915 e. The number of hydrogen-bond donors (Lipinski definition) is 0. The van der Waals surface area contributed by atoms with Gasteiger partial charge in [-0.05, 0) is 12.5 Å². The van der Waals surface area contributed by atoms with Gasteiger partial charge >= 0.3 is 0 Å². The molecule has 1 unspecified atom stereocenters. The van der Waals surface area contributed by atoms with E-state index in [4.69, 9.17) is 14.2 Å². The minimum absolute atomic E-state index is 0.150. The smallest absolute Gasteiger partial charge is 0.0915 e. The van der Waals surface area contributed by atoms with Gasteiger partial charge in [-0.25, -0.2) is 0 Å². The van der Waals surface area contributed by atoms with E-state index in [-0.39, 0.29) is 6.10 Å². The molecule has 0 heterocycles. The average Bonchev–Trinajstić information content (AvgIpc) is 2.39. The third kappa shape index (κ3) is 6.13. The van der Waals surface area contributed by atoms with E-state index >= 15 is 0 Å². The van der Waals surface area contributed by atoms with Crippen LogP contribution in [0.5, 0.6) is 0 Å². The van der Waals surface area contributed by atoms with Crippen LogP contribution in [0, 0.1) is 6.92 Å². The maximum atomic E-state index is 5.82. The van der Waals surface area contributed by atoms with Crippen molar-refractivity contribution < 1.29 is 14.2 Å². The fourth-order valence-electron chi connectivity index (χ4n) is 1.50. The SMILES string of the molecule is COCCOCCOC(CI)c1ccc(C)cc1. The Kier molecular flexibility index (Phi) is 8.58. The van der Waals surface area contributed by atoms with Gasteiger partial charge in [-0.3, -0.25) is 0 Å². The van der Waals surface area contributed by atoms with Crippen LogP contribution in [-0.4, -0.2) is 38.0 Å². The van der Waals surface area contributed by atoms with Gasteiger partial charge in [-0.15, -0.1) is 0 Å². The van der Waals surface area contributed by atoms with E-state index in [2.05, 4.69) is 53.8 Å². The lowest BCUT2D eigenvalue weighted by Crippen LogP contribution is -2.12. The zero-order valence-electron chi connectivity index (χ0n) is 11.0. The molecule has 0 fully saturated rings. The summed E-state index contributed by atoms with van der Waals surface area (Å²) in [6.07, 6.45) is 0.150. The molecule has 102 valence electrons. The van der Waals surface area contributed by atoms with Crippen molar-refractivity contribution in [2.24, 2.45) is 0 Å². The number of alkyl halides is 1. The Bertz CT molecular complexity index is 313. The van der Waals surface area contributed by atoms with Gasteiger partial charge in [0.15, 0.2) is 0 Å². The van der Waals surface area contributed by atoms with Crippen LogP contribution in [0.1, 0.15) is 17.2 Å². The number of methoxy groups -OCH3 is 1. The summed E-state index contributed by atoms with van der Waals surface area (Å²) in [5.74, 6) is 0. The van der Waals surface area contributed by atoms with Gasteiger partial charge in [-0.1, -0.05) is 52.4 Å². The Labute approximate surface area is 123 Å². The van der Waals surface area contributed by atoms with Crippen molar-refractivity contribution in [1.82, 2.24) is 0 Å². The second-order valence-corrected chi connectivity index (χ2v) is 4.91.